The maximum atomic E-state index is 10.0. The van der Waals surface area contributed by atoms with E-state index in [1.165, 1.54) is 25.7 Å². The molecule has 3 saturated carbocycles. The van der Waals surface area contributed by atoms with E-state index in [1.807, 2.05) is 0 Å². The molecule has 3 rings (SSSR count). The van der Waals surface area contributed by atoms with Crippen molar-refractivity contribution >= 4 is 0 Å². The van der Waals surface area contributed by atoms with Crippen LogP contribution in [0.2, 0.25) is 0 Å². The zero-order valence-corrected chi connectivity index (χ0v) is 12.8. The molecule has 5 atom stereocenters. The van der Waals surface area contributed by atoms with E-state index >= 15 is 0 Å². The van der Waals surface area contributed by atoms with Crippen molar-refractivity contribution in [3.8, 4) is 0 Å². The number of aliphatic hydroxyl groups excluding tert-OH is 1. The third-order valence-electron chi connectivity index (χ3n) is 7.15. The first kappa shape index (κ1) is 13.9. The van der Waals surface area contributed by atoms with Crippen LogP contribution in [0.5, 0.6) is 0 Å². The summed E-state index contributed by atoms with van der Waals surface area (Å²) in [6.07, 6.45) is 8.38. The molecule has 3 fully saturated rings. The predicted molar refractivity (Wildman–Crippen MR) is 76.9 cm³/mol. The zero-order chi connectivity index (χ0) is 13.7. The van der Waals surface area contributed by atoms with Gasteiger partial charge in [0, 0.05) is 0 Å². The monoisotopic (exact) mass is 266 g/mol. The molecule has 0 aromatic carbocycles. The average molecular weight is 266 g/mol. The van der Waals surface area contributed by atoms with Gasteiger partial charge in [-0.1, -0.05) is 33.6 Å². The highest BCUT2D eigenvalue weighted by Gasteiger charge is 2.61. The van der Waals surface area contributed by atoms with Gasteiger partial charge in [0.25, 0.3) is 0 Å². The molecule has 2 nitrogen and oxygen atoms in total. The van der Waals surface area contributed by atoms with Gasteiger partial charge in [-0.25, -0.2) is 0 Å². The normalized spacial score (nSPS) is 48.6. The van der Waals surface area contributed by atoms with Crippen LogP contribution in [-0.4, -0.2) is 23.9 Å². The Labute approximate surface area is 117 Å². The third kappa shape index (κ3) is 2.06. The lowest BCUT2D eigenvalue weighted by molar-refractivity contribution is -0.0846. The van der Waals surface area contributed by atoms with Crippen molar-refractivity contribution in [3.05, 3.63) is 0 Å². The van der Waals surface area contributed by atoms with Crippen LogP contribution in [0.1, 0.15) is 65.7 Å². The summed E-state index contributed by atoms with van der Waals surface area (Å²) in [5, 5.41) is 10.0. The van der Waals surface area contributed by atoms with Crippen molar-refractivity contribution in [2.45, 2.75) is 77.9 Å². The Bertz CT molecular complexity index is 338. The highest BCUT2D eigenvalue weighted by molar-refractivity contribution is 5.09. The van der Waals surface area contributed by atoms with E-state index in [2.05, 4.69) is 20.8 Å². The van der Waals surface area contributed by atoms with Crippen LogP contribution in [0.3, 0.4) is 0 Å². The quantitative estimate of drug-likeness (QED) is 0.842. The molecule has 2 heteroatoms. The highest BCUT2D eigenvalue weighted by Crippen LogP contribution is 2.68. The summed E-state index contributed by atoms with van der Waals surface area (Å²) in [4.78, 5) is 0. The van der Waals surface area contributed by atoms with Gasteiger partial charge in [0.15, 0.2) is 0 Å². The van der Waals surface area contributed by atoms with Crippen LogP contribution in [-0.2, 0) is 4.74 Å². The maximum absolute atomic E-state index is 10.0. The van der Waals surface area contributed by atoms with E-state index in [-0.39, 0.29) is 12.2 Å². The summed E-state index contributed by atoms with van der Waals surface area (Å²) in [5.41, 5.74) is 0.934. The maximum Gasteiger partial charge on any atom is 0.0834 e. The second kappa shape index (κ2) is 4.73. The first-order chi connectivity index (χ1) is 8.95. The van der Waals surface area contributed by atoms with Gasteiger partial charge in [-0.3, -0.25) is 0 Å². The van der Waals surface area contributed by atoms with Gasteiger partial charge in [-0.2, -0.15) is 0 Å². The summed E-state index contributed by atoms with van der Waals surface area (Å²) in [6, 6.07) is 0. The number of rotatable bonds is 3. The van der Waals surface area contributed by atoms with Crippen LogP contribution in [0.15, 0.2) is 0 Å². The molecule has 3 aliphatic rings. The van der Waals surface area contributed by atoms with Gasteiger partial charge in [0.2, 0.25) is 0 Å². The molecule has 19 heavy (non-hydrogen) atoms. The smallest absolute Gasteiger partial charge is 0.0834 e. The van der Waals surface area contributed by atoms with Crippen LogP contribution in [0.25, 0.3) is 0 Å². The lowest BCUT2D eigenvalue weighted by Gasteiger charge is -2.40. The van der Waals surface area contributed by atoms with Crippen molar-refractivity contribution in [3.63, 3.8) is 0 Å². The average Bonchev–Trinajstić information content (AvgIpc) is 2.70. The zero-order valence-electron chi connectivity index (χ0n) is 12.8. The van der Waals surface area contributed by atoms with Crippen molar-refractivity contribution in [2.75, 3.05) is 6.61 Å². The fourth-order valence-corrected chi connectivity index (χ4v) is 5.13. The van der Waals surface area contributed by atoms with Crippen molar-refractivity contribution in [1.29, 1.82) is 0 Å². The Morgan fingerprint density at radius 2 is 1.84 bits per heavy atom. The molecule has 2 bridgehead atoms. The molecule has 3 aliphatic carbocycles. The van der Waals surface area contributed by atoms with Gasteiger partial charge in [-0.05, 0) is 54.8 Å². The summed E-state index contributed by atoms with van der Waals surface area (Å²) in [7, 11) is 0. The minimum atomic E-state index is -0.215. The Balaban J connectivity index is 1.60. The summed E-state index contributed by atoms with van der Waals surface area (Å²) in [6.45, 7) is 8.27. The summed E-state index contributed by atoms with van der Waals surface area (Å²) in [5.74, 6) is 1.60. The number of hydrogen-bond donors (Lipinski definition) is 1. The van der Waals surface area contributed by atoms with Gasteiger partial charge in [-0.15, -0.1) is 0 Å². The first-order valence-electron chi connectivity index (χ1n) is 8.25. The highest BCUT2D eigenvalue weighted by atomic mass is 16.5. The Morgan fingerprint density at radius 1 is 1.11 bits per heavy atom. The van der Waals surface area contributed by atoms with Crippen LogP contribution >= 0.6 is 0 Å². The molecular formula is C17H30O2. The Kier molecular flexibility index (Phi) is 3.46. The molecule has 0 aromatic heterocycles. The molecule has 0 amide bonds. The standard InChI is InChI=1S/C17H30O2/c1-16(2)12-8-9-17(16,3)13(10-12)11-19-15-7-5-4-6-14(15)18/h12-15,18H,4-11H2,1-3H3/t12-,13+,14?,15?,17+/m0/s1. The minimum Gasteiger partial charge on any atom is -0.390 e. The molecule has 0 aromatic rings. The molecule has 0 radical (unpaired) electrons. The number of hydrogen-bond acceptors (Lipinski definition) is 2. The molecule has 1 N–H and O–H groups in total. The number of ether oxygens (including phenoxy) is 1. The van der Waals surface area contributed by atoms with Crippen molar-refractivity contribution in [1.82, 2.24) is 0 Å². The number of fused-ring (bicyclic) bond motifs is 2. The fraction of sp³-hybridized carbons (Fsp3) is 1.00. The summed E-state index contributed by atoms with van der Waals surface area (Å²) < 4.78 is 6.14. The van der Waals surface area contributed by atoms with Gasteiger partial charge >= 0.3 is 0 Å². The predicted octanol–water partition coefficient (Wildman–Crippen LogP) is 3.77. The largest absolute Gasteiger partial charge is 0.390 e. The van der Waals surface area contributed by atoms with Crippen LogP contribution in [0.4, 0.5) is 0 Å². The number of aliphatic hydroxyl groups is 1. The van der Waals surface area contributed by atoms with Gasteiger partial charge in [0.1, 0.15) is 0 Å². The van der Waals surface area contributed by atoms with E-state index in [1.54, 1.807) is 0 Å². The van der Waals surface area contributed by atoms with Crippen molar-refractivity contribution in [2.24, 2.45) is 22.7 Å². The van der Waals surface area contributed by atoms with E-state index in [4.69, 9.17) is 4.74 Å². The Morgan fingerprint density at radius 3 is 2.42 bits per heavy atom. The molecule has 0 spiro atoms. The second-order valence-corrected chi connectivity index (χ2v) is 8.03. The van der Waals surface area contributed by atoms with E-state index in [0.29, 0.717) is 16.7 Å². The third-order valence-corrected chi connectivity index (χ3v) is 7.15. The lowest BCUT2D eigenvalue weighted by Crippen LogP contribution is -2.38. The SMILES string of the molecule is CC1(C)[C@H]2CC[C@]1(C)[C@@H](COC1CCCCC1O)C2. The van der Waals surface area contributed by atoms with Crippen LogP contribution in [0, 0.1) is 22.7 Å². The van der Waals surface area contributed by atoms with E-state index < -0.39 is 0 Å². The van der Waals surface area contributed by atoms with E-state index in [0.717, 1.165) is 31.8 Å². The molecule has 0 heterocycles. The first-order valence-corrected chi connectivity index (χ1v) is 8.25. The fourth-order valence-electron chi connectivity index (χ4n) is 5.13. The molecule has 0 saturated heterocycles. The van der Waals surface area contributed by atoms with Gasteiger partial charge < -0.3 is 9.84 Å². The van der Waals surface area contributed by atoms with E-state index in [9.17, 15) is 5.11 Å². The molecule has 110 valence electrons. The minimum absolute atomic E-state index is 0.111. The van der Waals surface area contributed by atoms with Crippen LogP contribution < -0.4 is 0 Å². The second-order valence-electron chi connectivity index (χ2n) is 8.03. The molecular weight excluding hydrogens is 236 g/mol. The molecule has 2 unspecified atom stereocenters. The lowest BCUT2D eigenvalue weighted by atomic mass is 9.67. The van der Waals surface area contributed by atoms with Gasteiger partial charge in [0.05, 0.1) is 18.8 Å². The molecule has 0 aliphatic heterocycles. The topological polar surface area (TPSA) is 29.5 Å². The Hall–Kier alpha value is -0.0800. The summed E-state index contributed by atoms with van der Waals surface area (Å²) >= 11 is 0. The van der Waals surface area contributed by atoms with Crippen molar-refractivity contribution < 1.29 is 9.84 Å².